The summed E-state index contributed by atoms with van der Waals surface area (Å²) >= 11 is 0. The van der Waals surface area contributed by atoms with Gasteiger partial charge in [0.15, 0.2) is 11.5 Å². The third kappa shape index (κ3) is 3.54. The highest BCUT2D eigenvalue weighted by atomic mass is 16.5. The Morgan fingerprint density at radius 2 is 1.64 bits per heavy atom. The fourth-order valence-corrected chi connectivity index (χ4v) is 3.74. The average Bonchev–Trinajstić information content (AvgIpc) is 2.70. The lowest BCUT2D eigenvalue weighted by atomic mass is 9.93. The van der Waals surface area contributed by atoms with E-state index < -0.39 is 17.8 Å². The molecule has 1 aliphatic heterocycles. The second kappa shape index (κ2) is 8.33. The van der Waals surface area contributed by atoms with E-state index in [2.05, 4.69) is 5.32 Å². The van der Waals surface area contributed by atoms with E-state index in [0.29, 0.717) is 22.8 Å². The number of rotatable bonds is 5. The van der Waals surface area contributed by atoms with Crippen molar-refractivity contribution in [3.63, 3.8) is 0 Å². The van der Waals surface area contributed by atoms with Crippen molar-refractivity contribution in [2.24, 2.45) is 0 Å². The van der Waals surface area contributed by atoms with Gasteiger partial charge in [-0.15, -0.1) is 0 Å². The number of methoxy groups -OCH3 is 3. The number of ether oxygens (including phenoxy) is 3. The van der Waals surface area contributed by atoms with Crippen LogP contribution >= 0.6 is 0 Å². The Kier molecular flexibility index (Phi) is 5.87. The van der Waals surface area contributed by atoms with Crippen LogP contribution in [0.25, 0.3) is 6.08 Å². The van der Waals surface area contributed by atoms with E-state index in [1.165, 1.54) is 32.3 Å². The van der Waals surface area contributed by atoms with E-state index in [1.54, 1.807) is 12.1 Å². The Labute approximate surface area is 163 Å². The first-order valence-electron chi connectivity index (χ1n) is 9.21. The largest absolute Gasteiger partial charge is 0.493 e. The molecule has 1 aliphatic carbocycles. The topological polar surface area (TPSA) is 94.2 Å². The number of barbiturate groups is 1. The second-order valence-corrected chi connectivity index (χ2v) is 6.71. The molecule has 150 valence electrons. The molecule has 28 heavy (non-hydrogen) atoms. The highest BCUT2D eigenvalue weighted by Crippen LogP contribution is 2.41. The third-order valence-corrected chi connectivity index (χ3v) is 5.11. The number of hydrogen-bond donors (Lipinski definition) is 1. The molecule has 1 saturated heterocycles. The minimum atomic E-state index is -0.723. The molecule has 0 atom stereocenters. The van der Waals surface area contributed by atoms with Gasteiger partial charge in [0.2, 0.25) is 5.75 Å². The van der Waals surface area contributed by atoms with Gasteiger partial charge in [-0.1, -0.05) is 19.3 Å². The quantitative estimate of drug-likeness (QED) is 0.615. The Hall–Kier alpha value is -3.03. The number of hydrogen-bond acceptors (Lipinski definition) is 6. The van der Waals surface area contributed by atoms with Gasteiger partial charge in [-0.3, -0.25) is 19.8 Å². The molecule has 3 rings (SSSR count). The zero-order chi connectivity index (χ0) is 20.3. The Bertz CT molecular complexity index is 826. The van der Waals surface area contributed by atoms with Gasteiger partial charge in [-0.05, 0) is 31.1 Å². The van der Waals surface area contributed by atoms with Crippen molar-refractivity contribution in [2.45, 2.75) is 38.1 Å². The molecule has 1 saturated carbocycles. The molecule has 1 N–H and O–H groups in total. The summed E-state index contributed by atoms with van der Waals surface area (Å²) in [6, 6.07) is 2.47. The van der Waals surface area contributed by atoms with Crippen LogP contribution in [0.5, 0.6) is 17.2 Å². The lowest BCUT2D eigenvalue weighted by molar-refractivity contribution is -0.132. The minimum Gasteiger partial charge on any atom is -0.493 e. The van der Waals surface area contributed by atoms with Crippen molar-refractivity contribution in [1.82, 2.24) is 10.2 Å². The molecule has 0 radical (unpaired) electrons. The van der Waals surface area contributed by atoms with Crippen LogP contribution in [0.1, 0.15) is 37.7 Å². The van der Waals surface area contributed by atoms with Crippen molar-refractivity contribution in [2.75, 3.05) is 21.3 Å². The van der Waals surface area contributed by atoms with Crippen LogP contribution in [-0.2, 0) is 9.59 Å². The summed E-state index contributed by atoms with van der Waals surface area (Å²) in [5.74, 6) is -0.171. The van der Waals surface area contributed by atoms with Gasteiger partial charge in [0, 0.05) is 11.6 Å². The molecule has 0 bridgehead atoms. The maximum Gasteiger partial charge on any atom is 0.331 e. The molecule has 8 heteroatoms. The van der Waals surface area contributed by atoms with Gasteiger partial charge < -0.3 is 14.2 Å². The first kappa shape index (κ1) is 19.7. The summed E-state index contributed by atoms with van der Waals surface area (Å²) in [6.07, 6.45) is 5.92. The van der Waals surface area contributed by atoms with Gasteiger partial charge in [0.1, 0.15) is 5.57 Å². The number of carbonyl (C=O) groups is 3. The molecule has 0 spiro atoms. The molecule has 1 aromatic carbocycles. The van der Waals surface area contributed by atoms with E-state index >= 15 is 0 Å². The van der Waals surface area contributed by atoms with E-state index in [-0.39, 0.29) is 11.6 Å². The first-order valence-corrected chi connectivity index (χ1v) is 9.21. The molecular weight excluding hydrogens is 364 g/mol. The second-order valence-electron chi connectivity index (χ2n) is 6.71. The van der Waals surface area contributed by atoms with Crippen LogP contribution < -0.4 is 19.5 Å². The predicted octanol–water partition coefficient (Wildman–Crippen LogP) is 2.51. The van der Waals surface area contributed by atoms with Gasteiger partial charge >= 0.3 is 6.03 Å². The smallest absolute Gasteiger partial charge is 0.331 e. The van der Waals surface area contributed by atoms with Gasteiger partial charge in [-0.25, -0.2) is 4.79 Å². The zero-order valence-electron chi connectivity index (χ0n) is 16.2. The maximum absolute atomic E-state index is 13.0. The van der Waals surface area contributed by atoms with Crippen LogP contribution in [0.3, 0.4) is 0 Å². The van der Waals surface area contributed by atoms with Crippen LogP contribution in [0, 0.1) is 0 Å². The van der Waals surface area contributed by atoms with Gasteiger partial charge in [0.05, 0.1) is 21.3 Å². The van der Waals surface area contributed by atoms with Crippen molar-refractivity contribution >= 4 is 23.9 Å². The Morgan fingerprint density at radius 3 is 2.25 bits per heavy atom. The number of nitrogens with zero attached hydrogens (tertiary/aromatic N) is 1. The highest BCUT2D eigenvalue weighted by Gasteiger charge is 2.40. The van der Waals surface area contributed by atoms with Crippen LogP contribution in [-0.4, -0.2) is 50.1 Å². The van der Waals surface area contributed by atoms with E-state index in [4.69, 9.17) is 14.2 Å². The SMILES string of the molecule is COc1ccc(C=C2C(=O)NC(=O)N(C3CCCCC3)C2=O)c(OC)c1OC. The summed E-state index contributed by atoms with van der Waals surface area (Å²) in [7, 11) is 4.43. The van der Waals surface area contributed by atoms with E-state index in [9.17, 15) is 14.4 Å². The molecule has 1 aromatic rings. The summed E-state index contributed by atoms with van der Waals surface area (Å²) < 4.78 is 16.0. The number of nitrogens with one attached hydrogen (secondary N) is 1. The molecule has 4 amide bonds. The van der Waals surface area contributed by atoms with Crippen LogP contribution in [0.2, 0.25) is 0 Å². The molecule has 1 heterocycles. The minimum absolute atomic E-state index is 0.115. The lowest BCUT2D eigenvalue weighted by Gasteiger charge is -2.35. The van der Waals surface area contributed by atoms with Crippen LogP contribution in [0.15, 0.2) is 17.7 Å². The fraction of sp³-hybridized carbons (Fsp3) is 0.450. The Balaban J connectivity index is 2.01. The molecular formula is C20H24N2O6. The highest BCUT2D eigenvalue weighted by molar-refractivity contribution is 6.31. The standard InChI is InChI=1S/C20H24N2O6/c1-26-15-10-9-12(16(27-2)17(15)28-3)11-14-18(23)21-20(25)22(19(14)24)13-7-5-4-6-8-13/h9-11,13H,4-8H2,1-3H3,(H,21,23,25). The number of benzene rings is 1. The number of carbonyl (C=O) groups excluding carboxylic acids is 3. The van der Waals surface area contributed by atoms with Crippen LogP contribution in [0.4, 0.5) is 4.79 Å². The molecule has 0 aromatic heterocycles. The van der Waals surface area contributed by atoms with Gasteiger partial charge in [0.25, 0.3) is 11.8 Å². The average molecular weight is 388 g/mol. The summed E-state index contributed by atoms with van der Waals surface area (Å²) in [5.41, 5.74) is 0.354. The fourth-order valence-electron chi connectivity index (χ4n) is 3.74. The summed E-state index contributed by atoms with van der Waals surface area (Å²) in [6.45, 7) is 0. The first-order chi connectivity index (χ1) is 13.5. The van der Waals surface area contributed by atoms with Gasteiger partial charge in [-0.2, -0.15) is 0 Å². The van der Waals surface area contributed by atoms with Crippen molar-refractivity contribution in [1.29, 1.82) is 0 Å². The van der Waals surface area contributed by atoms with E-state index in [0.717, 1.165) is 32.1 Å². The molecule has 8 nitrogen and oxygen atoms in total. The summed E-state index contributed by atoms with van der Waals surface area (Å²) in [5, 5.41) is 2.28. The predicted molar refractivity (Wildman–Crippen MR) is 101 cm³/mol. The molecule has 0 unspecified atom stereocenters. The molecule has 2 fully saturated rings. The number of amides is 4. The third-order valence-electron chi connectivity index (χ3n) is 5.11. The lowest BCUT2D eigenvalue weighted by Crippen LogP contribution is -2.58. The zero-order valence-corrected chi connectivity index (χ0v) is 16.2. The van der Waals surface area contributed by atoms with Crippen molar-refractivity contribution < 1.29 is 28.6 Å². The normalized spacial score (nSPS) is 19.6. The number of imide groups is 2. The van der Waals surface area contributed by atoms with Crippen molar-refractivity contribution in [3.8, 4) is 17.2 Å². The number of urea groups is 1. The Morgan fingerprint density at radius 1 is 0.964 bits per heavy atom. The monoisotopic (exact) mass is 388 g/mol. The van der Waals surface area contributed by atoms with E-state index in [1.807, 2.05) is 0 Å². The maximum atomic E-state index is 13.0. The molecule has 2 aliphatic rings. The summed E-state index contributed by atoms with van der Waals surface area (Å²) in [4.78, 5) is 38.9. The van der Waals surface area contributed by atoms with Crippen molar-refractivity contribution in [3.05, 3.63) is 23.3 Å².